The van der Waals surface area contributed by atoms with Crippen LogP contribution in [0.15, 0.2) is 29.4 Å². The lowest BCUT2D eigenvalue weighted by Gasteiger charge is -2.07. The molecule has 0 aliphatic rings. The molecule has 0 unspecified atom stereocenters. The van der Waals surface area contributed by atoms with Crippen LogP contribution in [0.1, 0.15) is 0 Å². The Morgan fingerprint density at radius 3 is 2.65 bits per heavy atom. The van der Waals surface area contributed by atoms with Crippen LogP contribution in [0.2, 0.25) is 10.2 Å². The Bertz CT molecular complexity index is 669. The lowest BCUT2D eigenvalue weighted by molar-refractivity contribution is -0.384. The Morgan fingerprint density at radius 1 is 1.30 bits per heavy atom. The van der Waals surface area contributed by atoms with Gasteiger partial charge in [0.2, 0.25) is 5.88 Å². The van der Waals surface area contributed by atoms with Crippen LogP contribution in [0, 0.1) is 10.1 Å². The van der Waals surface area contributed by atoms with Gasteiger partial charge in [0.25, 0.3) is 5.69 Å². The fourth-order valence-corrected chi connectivity index (χ4v) is 2.13. The van der Waals surface area contributed by atoms with Crippen LogP contribution in [0.3, 0.4) is 0 Å². The first-order chi connectivity index (χ1) is 9.49. The van der Waals surface area contributed by atoms with Crippen molar-refractivity contribution in [1.82, 2.24) is 9.97 Å². The van der Waals surface area contributed by atoms with Crippen molar-refractivity contribution < 1.29 is 9.66 Å². The molecule has 104 valence electrons. The number of nitro benzene ring substituents is 1. The molecule has 20 heavy (non-hydrogen) atoms. The summed E-state index contributed by atoms with van der Waals surface area (Å²) < 4.78 is 5.46. The Balaban J connectivity index is 2.30. The molecule has 0 spiro atoms. The van der Waals surface area contributed by atoms with Crippen LogP contribution in [0.4, 0.5) is 5.69 Å². The zero-order valence-corrected chi connectivity index (χ0v) is 12.4. The summed E-state index contributed by atoms with van der Waals surface area (Å²) in [5.74, 6) is 0.462. The molecule has 0 fully saturated rings. The summed E-state index contributed by atoms with van der Waals surface area (Å²) >= 11 is 13.1. The van der Waals surface area contributed by atoms with E-state index in [-0.39, 0.29) is 27.5 Å². The Labute approximate surface area is 128 Å². The number of nitrogens with zero attached hydrogens (tertiary/aromatic N) is 3. The highest BCUT2D eigenvalue weighted by molar-refractivity contribution is 7.98. The topological polar surface area (TPSA) is 78.2 Å². The normalized spacial score (nSPS) is 10.3. The summed E-state index contributed by atoms with van der Waals surface area (Å²) in [6, 6.07) is 5.32. The molecule has 0 aliphatic carbocycles. The number of thioether (sulfide) groups is 1. The second kappa shape index (κ2) is 6.25. The largest absolute Gasteiger partial charge is 0.437 e. The quantitative estimate of drug-likeness (QED) is 0.274. The van der Waals surface area contributed by atoms with E-state index in [1.807, 2.05) is 0 Å². The van der Waals surface area contributed by atoms with Crippen LogP contribution in [-0.2, 0) is 0 Å². The van der Waals surface area contributed by atoms with Crippen molar-refractivity contribution in [1.29, 1.82) is 0 Å². The van der Waals surface area contributed by atoms with Crippen molar-refractivity contribution in [3.63, 3.8) is 0 Å². The van der Waals surface area contributed by atoms with Gasteiger partial charge in [0.1, 0.15) is 10.9 Å². The van der Waals surface area contributed by atoms with E-state index in [0.29, 0.717) is 5.16 Å². The molecule has 6 nitrogen and oxygen atoms in total. The van der Waals surface area contributed by atoms with Gasteiger partial charge in [-0.25, -0.2) is 4.98 Å². The number of hydrogen-bond donors (Lipinski definition) is 0. The van der Waals surface area contributed by atoms with Gasteiger partial charge in [-0.3, -0.25) is 10.1 Å². The maximum atomic E-state index is 10.6. The van der Waals surface area contributed by atoms with Crippen molar-refractivity contribution in [2.45, 2.75) is 5.16 Å². The van der Waals surface area contributed by atoms with Crippen molar-refractivity contribution in [2.75, 3.05) is 6.26 Å². The molecule has 0 amide bonds. The molecule has 0 bridgehead atoms. The molecule has 2 rings (SSSR count). The number of aromatic nitrogens is 2. The number of rotatable bonds is 4. The molecule has 1 aromatic heterocycles. The zero-order chi connectivity index (χ0) is 14.7. The van der Waals surface area contributed by atoms with Gasteiger partial charge in [-0.1, -0.05) is 35.0 Å². The molecule has 9 heteroatoms. The minimum Gasteiger partial charge on any atom is -0.437 e. The summed E-state index contributed by atoms with van der Waals surface area (Å²) in [5.41, 5.74) is -0.118. The third kappa shape index (κ3) is 3.50. The molecule has 1 aromatic carbocycles. The maximum absolute atomic E-state index is 10.6. The van der Waals surface area contributed by atoms with Crippen LogP contribution in [-0.4, -0.2) is 21.1 Å². The van der Waals surface area contributed by atoms with Crippen molar-refractivity contribution in [2.24, 2.45) is 0 Å². The van der Waals surface area contributed by atoms with Crippen LogP contribution in [0.25, 0.3) is 0 Å². The highest BCUT2D eigenvalue weighted by Crippen LogP contribution is 2.32. The van der Waals surface area contributed by atoms with Gasteiger partial charge < -0.3 is 4.74 Å². The molecule has 0 N–H and O–H groups in total. The first kappa shape index (κ1) is 14.8. The monoisotopic (exact) mass is 331 g/mol. The minimum atomic E-state index is -0.539. The highest BCUT2D eigenvalue weighted by atomic mass is 35.5. The van der Waals surface area contributed by atoms with Gasteiger partial charge in [0.05, 0.1) is 9.95 Å². The zero-order valence-electron chi connectivity index (χ0n) is 10.0. The van der Waals surface area contributed by atoms with Gasteiger partial charge in [0, 0.05) is 18.2 Å². The number of nitro groups is 1. The number of hydrogen-bond acceptors (Lipinski definition) is 6. The first-order valence-corrected chi connectivity index (χ1v) is 7.18. The Kier molecular flexibility index (Phi) is 4.64. The van der Waals surface area contributed by atoms with E-state index in [0.717, 1.165) is 0 Å². The van der Waals surface area contributed by atoms with E-state index in [1.54, 1.807) is 6.26 Å². The molecule has 0 aliphatic heterocycles. The number of benzene rings is 1. The summed E-state index contributed by atoms with van der Waals surface area (Å²) in [7, 11) is 0. The fourth-order valence-electron chi connectivity index (χ4n) is 1.32. The SMILES string of the molecule is CSc1nc(Cl)cc(Oc2ccc([N+](=O)[O-])cc2Cl)n1. The fraction of sp³-hybridized carbons (Fsp3) is 0.0909. The van der Waals surface area contributed by atoms with E-state index in [2.05, 4.69) is 9.97 Å². The minimum absolute atomic E-state index is 0.111. The molecular formula is C11H7Cl2N3O3S. The lowest BCUT2D eigenvalue weighted by atomic mass is 10.3. The van der Waals surface area contributed by atoms with Crippen LogP contribution >= 0.6 is 35.0 Å². The predicted octanol–water partition coefficient (Wildman–Crippen LogP) is 4.21. The molecule has 0 radical (unpaired) electrons. The van der Waals surface area contributed by atoms with Gasteiger partial charge in [-0.2, -0.15) is 4.98 Å². The summed E-state index contributed by atoms with van der Waals surface area (Å²) in [5, 5.41) is 11.4. The van der Waals surface area contributed by atoms with E-state index < -0.39 is 4.92 Å². The molecule has 0 saturated carbocycles. The van der Waals surface area contributed by atoms with E-state index >= 15 is 0 Å². The summed E-state index contributed by atoms with van der Waals surface area (Å²) in [4.78, 5) is 18.1. The molecule has 2 aromatic rings. The van der Waals surface area contributed by atoms with Gasteiger partial charge in [-0.05, 0) is 12.3 Å². The Morgan fingerprint density at radius 2 is 2.05 bits per heavy atom. The smallest absolute Gasteiger partial charge is 0.271 e. The first-order valence-electron chi connectivity index (χ1n) is 5.20. The van der Waals surface area contributed by atoms with Gasteiger partial charge in [-0.15, -0.1) is 0 Å². The predicted molar refractivity (Wildman–Crippen MR) is 77.0 cm³/mol. The highest BCUT2D eigenvalue weighted by Gasteiger charge is 2.12. The second-order valence-electron chi connectivity index (χ2n) is 3.49. The average molecular weight is 332 g/mol. The Hall–Kier alpha value is -1.57. The number of non-ortho nitro benzene ring substituents is 1. The van der Waals surface area contributed by atoms with Crippen LogP contribution < -0.4 is 4.74 Å². The van der Waals surface area contributed by atoms with E-state index in [9.17, 15) is 10.1 Å². The maximum Gasteiger partial charge on any atom is 0.271 e. The summed E-state index contributed by atoms with van der Waals surface area (Å²) in [6.45, 7) is 0. The molecular weight excluding hydrogens is 325 g/mol. The summed E-state index contributed by atoms with van der Waals surface area (Å²) in [6.07, 6.45) is 1.80. The van der Waals surface area contributed by atoms with Gasteiger partial charge in [0.15, 0.2) is 5.16 Å². The molecule has 1 heterocycles. The average Bonchev–Trinajstić information content (AvgIpc) is 2.40. The molecule has 0 atom stereocenters. The van der Waals surface area contributed by atoms with Crippen molar-refractivity contribution in [3.8, 4) is 11.6 Å². The lowest BCUT2D eigenvalue weighted by Crippen LogP contribution is -1.94. The second-order valence-corrected chi connectivity index (χ2v) is 5.06. The van der Waals surface area contributed by atoms with E-state index in [1.165, 1.54) is 36.0 Å². The third-order valence-corrected chi connectivity index (χ3v) is 3.21. The van der Waals surface area contributed by atoms with Gasteiger partial charge >= 0.3 is 0 Å². The van der Waals surface area contributed by atoms with Crippen LogP contribution in [0.5, 0.6) is 11.6 Å². The van der Waals surface area contributed by atoms with Crippen molar-refractivity contribution >= 4 is 40.7 Å². The number of ether oxygens (including phenoxy) is 1. The standard InChI is InChI=1S/C11H7Cl2N3O3S/c1-20-11-14-9(13)5-10(15-11)19-8-3-2-6(16(17)18)4-7(8)12/h2-5H,1H3. The molecule has 0 saturated heterocycles. The van der Waals surface area contributed by atoms with Crippen molar-refractivity contribution in [3.05, 3.63) is 44.6 Å². The third-order valence-electron chi connectivity index (χ3n) is 2.17. The van der Waals surface area contributed by atoms with E-state index in [4.69, 9.17) is 27.9 Å². The number of halogens is 2.